The summed E-state index contributed by atoms with van der Waals surface area (Å²) in [6.45, 7) is 6.48. The first kappa shape index (κ1) is 23.0. The Morgan fingerprint density at radius 2 is 1.72 bits per heavy atom. The van der Waals surface area contributed by atoms with Gasteiger partial charge in [0, 0.05) is 13.1 Å². The van der Waals surface area contributed by atoms with E-state index in [1.54, 1.807) is 20.8 Å². The van der Waals surface area contributed by atoms with E-state index in [9.17, 15) is 18.0 Å². The molecule has 29 heavy (non-hydrogen) atoms. The van der Waals surface area contributed by atoms with E-state index in [0.29, 0.717) is 31.8 Å². The fourth-order valence-electron chi connectivity index (χ4n) is 3.07. The van der Waals surface area contributed by atoms with Gasteiger partial charge in [-0.1, -0.05) is 0 Å². The van der Waals surface area contributed by atoms with Crippen LogP contribution in [0.4, 0.5) is 10.5 Å². The minimum absolute atomic E-state index is 0.0299. The summed E-state index contributed by atoms with van der Waals surface area (Å²) in [5, 5.41) is 2.52. The van der Waals surface area contributed by atoms with Gasteiger partial charge in [0.25, 0.3) is 0 Å². The molecule has 1 aliphatic rings. The number of hydrogen-bond donors (Lipinski definition) is 1. The highest BCUT2D eigenvalue weighted by atomic mass is 32.2. The van der Waals surface area contributed by atoms with E-state index in [0.717, 1.165) is 0 Å². The number of ether oxygens (including phenoxy) is 3. The maximum atomic E-state index is 13.0. The van der Waals surface area contributed by atoms with Crippen LogP contribution in [-0.2, 0) is 24.3 Å². The van der Waals surface area contributed by atoms with Crippen molar-refractivity contribution in [3.8, 4) is 5.75 Å². The van der Waals surface area contributed by atoms with Gasteiger partial charge >= 0.3 is 12.1 Å². The lowest BCUT2D eigenvalue weighted by Crippen LogP contribution is -2.40. The molecule has 9 nitrogen and oxygen atoms in total. The van der Waals surface area contributed by atoms with Crippen molar-refractivity contribution in [2.75, 3.05) is 38.2 Å². The van der Waals surface area contributed by atoms with Crippen LogP contribution in [0.15, 0.2) is 23.1 Å². The van der Waals surface area contributed by atoms with E-state index in [2.05, 4.69) is 5.32 Å². The zero-order valence-corrected chi connectivity index (χ0v) is 17.8. The Bertz CT molecular complexity index is 818. The number of rotatable bonds is 8. The molecule has 0 saturated carbocycles. The summed E-state index contributed by atoms with van der Waals surface area (Å²) in [6.07, 6.45) is 0.115. The average Bonchev–Trinajstić information content (AvgIpc) is 2.70. The Morgan fingerprint density at radius 3 is 2.31 bits per heavy atom. The summed E-state index contributed by atoms with van der Waals surface area (Å²) in [4.78, 5) is 23.7. The van der Waals surface area contributed by atoms with Crippen molar-refractivity contribution < 1.29 is 32.2 Å². The number of carbonyl (C=O) groups is 2. The summed E-state index contributed by atoms with van der Waals surface area (Å²) < 4.78 is 42.8. The van der Waals surface area contributed by atoms with Crippen molar-refractivity contribution in [2.45, 2.75) is 38.5 Å². The van der Waals surface area contributed by atoms with Crippen LogP contribution >= 0.6 is 0 Å². The topological polar surface area (TPSA) is 111 Å². The van der Waals surface area contributed by atoms with E-state index in [1.807, 2.05) is 0 Å². The second kappa shape index (κ2) is 10.4. The number of esters is 1. The van der Waals surface area contributed by atoms with Crippen molar-refractivity contribution in [3.05, 3.63) is 18.2 Å². The molecular formula is C19H28N2O7S. The number of carbonyl (C=O) groups excluding carboxylic acids is 2. The SMILES string of the molecule is CCOC(=O)Nc1cc(S(=O)(=O)N2CCC(C(=O)OCC)CC2)ccc1OCC. The predicted octanol–water partition coefficient (Wildman–Crippen LogP) is 2.62. The van der Waals surface area contributed by atoms with Gasteiger partial charge in [-0.15, -0.1) is 0 Å². The average molecular weight is 429 g/mol. The molecule has 1 aliphatic heterocycles. The molecule has 1 fully saturated rings. The highest BCUT2D eigenvalue weighted by Gasteiger charge is 2.33. The third kappa shape index (κ3) is 5.83. The third-order valence-electron chi connectivity index (χ3n) is 4.47. The molecule has 0 aliphatic carbocycles. The molecule has 0 bridgehead atoms. The maximum absolute atomic E-state index is 13.0. The van der Waals surface area contributed by atoms with Crippen LogP contribution in [0.1, 0.15) is 33.6 Å². The molecular weight excluding hydrogens is 400 g/mol. The number of piperidine rings is 1. The maximum Gasteiger partial charge on any atom is 0.411 e. The van der Waals surface area contributed by atoms with Crippen molar-refractivity contribution in [2.24, 2.45) is 5.92 Å². The van der Waals surface area contributed by atoms with Crippen LogP contribution in [0, 0.1) is 5.92 Å². The molecule has 1 aromatic rings. The first-order valence-corrected chi connectivity index (χ1v) is 11.1. The minimum Gasteiger partial charge on any atom is -0.492 e. The van der Waals surface area contributed by atoms with E-state index >= 15 is 0 Å². The lowest BCUT2D eigenvalue weighted by molar-refractivity contribution is -0.149. The van der Waals surface area contributed by atoms with Crippen LogP contribution in [0.5, 0.6) is 5.75 Å². The van der Waals surface area contributed by atoms with Crippen molar-refractivity contribution in [1.29, 1.82) is 0 Å². The fraction of sp³-hybridized carbons (Fsp3) is 0.579. The molecule has 0 radical (unpaired) electrons. The number of amides is 1. The summed E-state index contributed by atoms with van der Waals surface area (Å²) in [7, 11) is -3.79. The van der Waals surface area contributed by atoms with E-state index in [1.165, 1.54) is 22.5 Å². The van der Waals surface area contributed by atoms with Crippen LogP contribution in [0.2, 0.25) is 0 Å². The fourth-order valence-corrected chi connectivity index (χ4v) is 4.56. The number of nitrogens with one attached hydrogen (secondary N) is 1. The highest BCUT2D eigenvalue weighted by molar-refractivity contribution is 7.89. The van der Waals surface area contributed by atoms with E-state index < -0.39 is 16.1 Å². The van der Waals surface area contributed by atoms with E-state index in [-0.39, 0.29) is 42.2 Å². The van der Waals surface area contributed by atoms with Gasteiger partial charge in [-0.25, -0.2) is 13.2 Å². The zero-order chi connectivity index (χ0) is 21.4. The molecule has 1 amide bonds. The molecule has 162 valence electrons. The Morgan fingerprint density at radius 1 is 1.07 bits per heavy atom. The van der Waals surface area contributed by atoms with Crippen molar-refractivity contribution in [1.82, 2.24) is 4.31 Å². The zero-order valence-electron chi connectivity index (χ0n) is 17.0. The third-order valence-corrected chi connectivity index (χ3v) is 6.37. The van der Waals surface area contributed by atoms with Crippen LogP contribution in [-0.4, -0.2) is 57.7 Å². The Hall–Kier alpha value is -2.33. The normalized spacial score (nSPS) is 15.6. The first-order chi connectivity index (χ1) is 13.8. The summed E-state index contributed by atoms with van der Waals surface area (Å²) in [6, 6.07) is 4.30. The molecule has 0 atom stereocenters. The van der Waals surface area contributed by atoms with Crippen LogP contribution in [0.25, 0.3) is 0 Å². The van der Waals surface area contributed by atoms with Gasteiger partial charge in [0.1, 0.15) is 5.75 Å². The number of nitrogens with zero attached hydrogens (tertiary/aromatic N) is 1. The number of hydrogen-bond acceptors (Lipinski definition) is 7. The summed E-state index contributed by atoms with van der Waals surface area (Å²) >= 11 is 0. The van der Waals surface area contributed by atoms with Gasteiger partial charge in [-0.2, -0.15) is 4.31 Å². The summed E-state index contributed by atoms with van der Waals surface area (Å²) in [5.41, 5.74) is 0.216. The molecule has 1 saturated heterocycles. The first-order valence-electron chi connectivity index (χ1n) is 9.70. The molecule has 1 heterocycles. The lowest BCUT2D eigenvalue weighted by Gasteiger charge is -2.30. The summed E-state index contributed by atoms with van der Waals surface area (Å²) in [5.74, 6) is -0.227. The molecule has 1 N–H and O–H groups in total. The minimum atomic E-state index is -3.79. The monoisotopic (exact) mass is 428 g/mol. The van der Waals surface area contributed by atoms with E-state index in [4.69, 9.17) is 14.2 Å². The van der Waals surface area contributed by atoms with Crippen LogP contribution in [0.3, 0.4) is 0 Å². The Kier molecular flexibility index (Phi) is 8.27. The smallest absolute Gasteiger partial charge is 0.411 e. The quantitative estimate of drug-likeness (QED) is 0.634. The Labute approximate surface area is 171 Å². The largest absolute Gasteiger partial charge is 0.492 e. The molecule has 0 spiro atoms. The van der Waals surface area contributed by atoms with Crippen molar-refractivity contribution in [3.63, 3.8) is 0 Å². The number of sulfonamides is 1. The lowest BCUT2D eigenvalue weighted by atomic mass is 9.98. The van der Waals surface area contributed by atoms with Gasteiger partial charge in [0.2, 0.25) is 10.0 Å². The van der Waals surface area contributed by atoms with Gasteiger partial charge in [-0.05, 0) is 51.8 Å². The van der Waals surface area contributed by atoms with Crippen molar-refractivity contribution >= 4 is 27.8 Å². The van der Waals surface area contributed by atoms with Gasteiger partial charge in [-0.3, -0.25) is 10.1 Å². The second-order valence-electron chi connectivity index (χ2n) is 6.37. The molecule has 0 aromatic heterocycles. The number of benzene rings is 1. The standard InChI is InChI=1S/C19H28N2O7S/c1-4-26-17-8-7-15(13-16(17)20-19(23)28-6-3)29(24,25)21-11-9-14(10-12-21)18(22)27-5-2/h7-8,13-14H,4-6,9-12H2,1-3H3,(H,20,23). The number of anilines is 1. The second-order valence-corrected chi connectivity index (χ2v) is 8.30. The molecule has 1 aromatic carbocycles. The predicted molar refractivity (Wildman–Crippen MR) is 106 cm³/mol. The molecule has 10 heteroatoms. The molecule has 2 rings (SSSR count). The van der Waals surface area contributed by atoms with Gasteiger partial charge in [0.15, 0.2) is 0 Å². The Balaban J connectivity index is 2.19. The molecule has 0 unspecified atom stereocenters. The highest BCUT2D eigenvalue weighted by Crippen LogP contribution is 2.31. The van der Waals surface area contributed by atoms with Gasteiger partial charge < -0.3 is 14.2 Å². The van der Waals surface area contributed by atoms with Crippen LogP contribution < -0.4 is 10.1 Å². The van der Waals surface area contributed by atoms with Gasteiger partial charge in [0.05, 0.1) is 36.3 Å².